The summed E-state index contributed by atoms with van der Waals surface area (Å²) in [6.07, 6.45) is 2.62. The van der Waals surface area contributed by atoms with Crippen molar-refractivity contribution in [2.45, 2.75) is 46.1 Å². The number of piperidine rings is 1. The number of aryl methyl sites for hydroxylation is 2. The van der Waals surface area contributed by atoms with Crippen molar-refractivity contribution in [3.63, 3.8) is 0 Å². The molecule has 1 saturated heterocycles. The average molecular weight is 417 g/mol. The molecule has 0 saturated carbocycles. The van der Waals surface area contributed by atoms with Crippen LogP contribution in [-0.2, 0) is 11.2 Å². The molecule has 1 unspecified atom stereocenters. The molecule has 7 nitrogen and oxygen atoms in total. The van der Waals surface area contributed by atoms with Crippen molar-refractivity contribution < 1.29 is 4.79 Å². The molecule has 0 radical (unpaired) electrons. The van der Waals surface area contributed by atoms with Crippen LogP contribution in [0.25, 0.3) is 5.82 Å². The van der Waals surface area contributed by atoms with Crippen molar-refractivity contribution in [1.29, 1.82) is 0 Å². The molecule has 2 aliphatic heterocycles. The Bertz CT molecular complexity index is 1100. The second-order valence-corrected chi connectivity index (χ2v) is 8.74. The molecule has 31 heavy (non-hydrogen) atoms. The summed E-state index contributed by atoms with van der Waals surface area (Å²) < 4.78 is 1.81. The number of benzene rings is 1. The first kappa shape index (κ1) is 19.7. The topological polar surface area (TPSA) is 67.2 Å². The first-order valence-electron chi connectivity index (χ1n) is 11.0. The van der Waals surface area contributed by atoms with Gasteiger partial charge in [0.25, 0.3) is 0 Å². The number of anilines is 2. The van der Waals surface area contributed by atoms with E-state index in [2.05, 4.69) is 45.3 Å². The van der Waals surface area contributed by atoms with Crippen LogP contribution in [0.5, 0.6) is 0 Å². The van der Waals surface area contributed by atoms with Gasteiger partial charge in [-0.25, -0.2) is 4.68 Å². The molecule has 0 spiro atoms. The van der Waals surface area contributed by atoms with Gasteiger partial charge in [0.1, 0.15) is 0 Å². The summed E-state index contributed by atoms with van der Waals surface area (Å²) >= 11 is 0. The van der Waals surface area contributed by atoms with Gasteiger partial charge in [0.2, 0.25) is 5.91 Å². The second kappa shape index (κ2) is 7.80. The molecule has 2 aliphatic rings. The lowest BCUT2D eigenvalue weighted by molar-refractivity contribution is -0.123. The molecular formula is C24H28N6O. The van der Waals surface area contributed by atoms with Gasteiger partial charge in [0.05, 0.1) is 5.69 Å². The van der Waals surface area contributed by atoms with E-state index in [4.69, 9.17) is 0 Å². The van der Waals surface area contributed by atoms with Crippen LogP contribution in [0.15, 0.2) is 42.5 Å². The van der Waals surface area contributed by atoms with Crippen molar-refractivity contribution in [2.75, 3.05) is 22.9 Å². The van der Waals surface area contributed by atoms with Gasteiger partial charge in [-0.05, 0) is 69.9 Å². The third kappa shape index (κ3) is 3.58. The number of hydrogen-bond acceptors (Lipinski definition) is 5. The Morgan fingerprint density at radius 1 is 1.00 bits per heavy atom. The van der Waals surface area contributed by atoms with Crippen LogP contribution in [0.4, 0.5) is 11.5 Å². The lowest BCUT2D eigenvalue weighted by atomic mass is 9.95. The molecule has 0 N–H and O–H groups in total. The highest BCUT2D eigenvalue weighted by atomic mass is 16.2. The van der Waals surface area contributed by atoms with E-state index in [0.717, 1.165) is 61.1 Å². The van der Waals surface area contributed by atoms with Gasteiger partial charge in [-0.1, -0.05) is 18.2 Å². The molecule has 1 amide bonds. The van der Waals surface area contributed by atoms with Gasteiger partial charge in [0.15, 0.2) is 11.6 Å². The number of fused-ring (bicyclic) bond motifs is 1. The summed E-state index contributed by atoms with van der Waals surface area (Å²) in [6, 6.07) is 14.5. The Balaban J connectivity index is 1.24. The van der Waals surface area contributed by atoms with Gasteiger partial charge in [0, 0.05) is 36.4 Å². The number of carbonyl (C=O) groups is 1. The average Bonchev–Trinajstić information content (AvgIpc) is 3.30. The normalized spacial score (nSPS) is 19.0. The van der Waals surface area contributed by atoms with E-state index in [1.807, 2.05) is 47.7 Å². The fourth-order valence-corrected chi connectivity index (χ4v) is 4.91. The minimum atomic E-state index is 0.0618. The molecular weight excluding hydrogens is 388 g/mol. The summed E-state index contributed by atoms with van der Waals surface area (Å²) in [5.74, 6) is 1.91. The fourth-order valence-electron chi connectivity index (χ4n) is 4.91. The molecule has 7 heteroatoms. The highest BCUT2D eigenvalue weighted by Crippen LogP contribution is 2.35. The first-order valence-corrected chi connectivity index (χ1v) is 11.0. The van der Waals surface area contributed by atoms with E-state index in [0.29, 0.717) is 0 Å². The van der Waals surface area contributed by atoms with Gasteiger partial charge in [-0.15, -0.1) is 10.2 Å². The molecule has 1 fully saturated rings. The highest BCUT2D eigenvalue weighted by molar-refractivity contribution is 5.97. The van der Waals surface area contributed by atoms with Crippen molar-refractivity contribution >= 4 is 17.4 Å². The Hall–Kier alpha value is -3.22. The Morgan fingerprint density at radius 3 is 2.39 bits per heavy atom. The van der Waals surface area contributed by atoms with Crippen LogP contribution in [0, 0.1) is 19.8 Å². The van der Waals surface area contributed by atoms with Gasteiger partial charge in [-0.2, -0.15) is 5.10 Å². The Labute approximate surface area is 182 Å². The lowest BCUT2D eigenvalue weighted by Crippen LogP contribution is -2.45. The summed E-state index contributed by atoms with van der Waals surface area (Å²) in [7, 11) is 0. The molecule has 3 aromatic rings. The zero-order chi connectivity index (χ0) is 21.5. The standard InChI is InChI=1S/C24H28N6O/c1-16-14-18(3)30(27-16)23-9-8-22(25-26-23)28-12-10-19(11-13-28)24(31)29-17(2)15-20-6-4-5-7-21(20)29/h4-9,14,17,19H,10-13,15H2,1-3H3. The van der Waals surface area contributed by atoms with Crippen LogP contribution in [-0.4, -0.2) is 45.0 Å². The van der Waals surface area contributed by atoms with Crippen molar-refractivity contribution in [1.82, 2.24) is 20.0 Å². The molecule has 5 rings (SSSR count). The van der Waals surface area contributed by atoms with E-state index in [1.165, 1.54) is 5.56 Å². The summed E-state index contributed by atoms with van der Waals surface area (Å²) in [6.45, 7) is 7.75. The minimum absolute atomic E-state index is 0.0618. The van der Waals surface area contributed by atoms with Gasteiger partial charge < -0.3 is 9.80 Å². The van der Waals surface area contributed by atoms with Crippen molar-refractivity contribution in [2.24, 2.45) is 5.92 Å². The zero-order valence-electron chi connectivity index (χ0n) is 18.3. The van der Waals surface area contributed by atoms with Gasteiger partial charge >= 0.3 is 0 Å². The first-order chi connectivity index (χ1) is 15.0. The minimum Gasteiger partial charge on any atom is -0.355 e. The van der Waals surface area contributed by atoms with E-state index in [9.17, 15) is 4.79 Å². The van der Waals surface area contributed by atoms with E-state index >= 15 is 0 Å². The smallest absolute Gasteiger partial charge is 0.230 e. The number of hydrogen-bond donors (Lipinski definition) is 0. The van der Waals surface area contributed by atoms with Crippen LogP contribution in [0.3, 0.4) is 0 Å². The lowest BCUT2D eigenvalue weighted by Gasteiger charge is -2.35. The third-order valence-electron chi connectivity index (χ3n) is 6.48. The SMILES string of the molecule is Cc1cc(C)n(-c2ccc(N3CCC(C(=O)N4c5ccccc5CC4C)CC3)nn2)n1. The molecule has 160 valence electrons. The molecule has 0 aliphatic carbocycles. The number of carbonyl (C=O) groups excluding carboxylic acids is 1. The van der Waals surface area contributed by atoms with E-state index in [-0.39, 0.29) is 17.9 Å². The monoisotopic (exact) mass is 416 g/mol. The predicted octanol–water partition coefficient (Wildman–Crippen LogP) is 3.47. The summed E-state index contributed by atoms with van der Waals surface area (Å²) in [5.41, 5.74) is 4.37. The molecule has 1 aromatic carbocycles. The number of aromatic nitrogens is 4. The maximum absolute atomic E-state index is 13.3. The van der Waals surface area contributed by atoms with Crippen LogP contribution < -0.4 is 9.80 Å². The highest BCUT2D eigenvalue weighted by Gasteiger charge is 2.36. The number of nitrogens with zero attached hydrogens (tertiary/aromatic N) is 6. The second-order valence-electron chi connectivity index (χ2n) is 8.74. The number of para-hydroxylation sites is 1. The largest absolute Gasteiger partial charge is 0.355 e. The van der Waals surface area contributed by atoms with E-state index in [1.54, 1.807) is 0 Å². The molecule has 2 aromatic heterocycles. The Morgan fingerprint density at radius 2 is 1.71 bits per heavy atom. The number of amides is 1. The van der Waals surface area contributed by atoms with Crippen molar-refractivity contribution in [3.05, 3.63) is 59.4 Å². The molecule has 0 bridgehead atoms. The predicted molar refractivity (Wildman–Crippen MR) is 121 cm³/mol. The quantitative estimate of drug-likeness (QED) is 0.654. The van der Waals surface area contributed by atoms with Crippen LogP contribution in [0.2, 0.25) is 0 Å². The maximum atomic E-state index is 13.3. The summed E-state index contributed by atoms with van der Waals surface area (Å²) in [5, 5.41) is 13.3. The van der Waals surface area contributed by atoms with Crippen LogP contribution in [0.1, 0.15) is 36.7 Å². The molecule has 4 heterocycles. The number of rotatable bonds is 3. The van der Waals surface area contributed by atoms with Gasteiger partial charge in [-0.3, -0.25) is 4.79 Å². The molecule has 1 atom stereocenters. The van der Waals surface area contributed by atoms with Crippen molar-refractivity contribution in [3.8, 4) is 5.82 Å². The maximum Gasteiger partial charge on any atom is 0.230 e. The Kier molecular flexibility index (Phi) is 4.96. The fraction of sp³-hybridized carbons (Fsp3) is 0.417. The zero-order valence-corrected chi connectivity index (χ0v) is 18.3. The van der Waals surface area contributed by atoms with Crippen LogP contribution >= 0.6 is 0 Å². The van der Waals surface area contributed by atoms with E-state index < -0.39 is 0 Å². The summed E-state index contributed by atoms with van der Waals surface area (Å²) in [4.78, 5) is 17.6. The third-order valence-corrected chi connectivity index (χ3v) is 6.48.